The maximum Gasteiger partial charge on any atom is 0.253 e. The largest absolute Gasteiger partial charge is 0.343 e. The summed E-state index contributed by atoms with van der Waals surface area (Å²) in [6, 6.07) is 14.8. The fourth-order valence-corrected chi connectivity index (χ4v) is 3.34. The topological polar surface area (TPSA) is 49.4 Å². The summed E-state index contributed by atoms with van der Waals surface area (Å²) in [6.45, 7) is 1.12. The molecule has 4 nitrogen and oxygen atoms in total. The number of benzene rings is 2. The number of hydrogen-bond donors (Lipinski definition) is 1. The van der Waals surface area contributed by atoms with E-state index in [0.717, 1.165) is 6.42 Å². The van der Waals surface area contributed by atoms with Gasteiger partial charge in [0.2, 0.25) is 5.91 Å². The molecule has 0 bridgehead atoms. The molecule has 0 saturated heterocycles. The van der Waals surface area contributed by atoms with Crippen molar-refractivity contribution in [3.05, 3.63) is 75.8 Å². The molecule has 3 rings (SSSR count). The van der Waals surface area contributed by atoms with Crippen molar-refractivity contribution >= 4 is 40.6 Å². The standard InChI is InChI=1S/C20H18Cl2N2O2/c21-16-6-7-17(18(22)12-16)20(26)23-13-19(25)24-10-8-15(9-11-24)14-4-2-1-3-5-14/h1-8,12H,9-11,13H2,(H,23,26). The van der Waals surface area contributed by atoms with Gasteiger partial charge in [0.25, 0.3) is 5.91 Å². The lowest BCUT2D eigenvalue weighted by Gasteiger charge is -2.27. The number of nitrogens with zero attached hydrogens (tertiary/aromatic N) is 1. The van der Waals surface area contributed by atoms with Crippen molar-refractivity contribution in [3.63, 3.8) is 0 Å². The number of rotatable bonds is 4. The second kappa shape index (κ2) is 8.39. The van der Waals surface area contributed by atoms with E-state index in [1.807, 2.05) is 18.2 Å². The Kier molecular flexibility index (Phi) is 5.96. The minimum absolute atomic E-state index is 0.0632. The van der Waals surface area contributed by atoms with Crippen LogP contribution in [0.1, 0.15) is 22.3 Å². The Morgan fingerprint density at radius 1 is 1.08 bits per heavy atom. The first kappa shape index (κ1) is 18.5. The van der Waals surface area contributed by atoms with Crippen LogP contribution in [0.3, 0.4) is 0 Å². The zero-order chi connectivity index (χ0) is 18.5. The van der Waals surface area contributed by atoms with Gasteiger partial charge in [0.15, 0.2) is 0 Å². The Balaban J connectivity index is 1.54. The van der Waals surface area contributed by atoms with Gasteiger partial charge in [-0.05, 0) is 35.8 Å². The van der Waals surface area contributed by atoms with Crippen molar-refractivity contribution in [1.29, 1.82) is 0 Å². The van der Waals surface area contributed by atoms with Crippen LogP contribution in [0.25, 0.3) is 5.57 Å². The molecule has 0 fully saturated rings. The average molecular weight is 389 g/mol. The van der Waals surface area contributed by atoms with Crippen molar-refractivity contribution in [2.45, 2.75) is 6.42 Å². The maximum absolute atomic E-state index is 12.3. The Hall–Kier alpha value is -2.30. The molecule has 6 heteroatoms. The zero-order valence-corrected chi connectivity index (χ0v) is 15.6. The Morgan fingerprint density at radius 3 is 2.50 bits per heavy atom. The molecule has 0 unspecified atom stereocenters. The summed E-state index contributed by atoms with van der Waals surface area (Å²) in [7, 11) is 0. The van der Waals surface area contributed by atoms with Crippen molar-refractivity contribution in [2.24, 2.45) is 0 Å². The monoisotopic (exact) mass is 388 g/mol. The summed E-state index contributed by atoms with van der Waals surface area (Å²) < 4.78 is 0. The van der Waals surface area contributed by atoms with E-state index in [4.69, 9.17) is 23.2 Å². The van der Waals surface area contributed by atoms with Gasteiger partial charge in [0, 0.05) is 18.1 Å². The number of halogens is 2. The van der Waals surface area contributed by atoms with Gasteiger partial charge in [0.05, 0.1) is 17.1 Å². The van der Waals surface area contributed by atoms with Crippen LogP contribution in [-0.4, -0.2) is 36.3 Å². The molecule has 1 N–H and O–H groups in total. The molecule has 0 radical (unpaired) electrons. The Bertz CT molecular complexity index is 850. The number of amides is 2. The van der Waals surface area contributed by atoms with E-state index < -0.39 is 5.91 Å². The fraction of sp³-hybridized carbons (Fsp3) is 0.200. The third kappa shape index (κ3) is 4.45. The van der Waals surface area contributed by atoms with E-state index in [9.17, 15) is 9.59 Å². The maximum atomic E-state index is 12.3. The van der Waals surface area contributed by atoms with Crippen LogP contribution in [0.4, 0.5) is 0 Å². The SMILES string of the molecule is O=C(NCC(=O)N1CC=C(c2ccccc2)CC1)c1ccc(Cl)cc1Cl. The van der Waals surface area contributed by atoms with Crippen LogP contribution in [0.15, 0.2) is 54.6 Å². The molecule has 0 saturated carbocycles. The fourth-order valence-electron chi connectivity index (χ4n) is 2.85. The van der Waals surface area contributed by atoms with Crippen molar-refractivity contribution in [2.75, 3.05) is 19.6 Å². The lowest BCUT2D eigenvalue weighted by atomic mass is 9.99. The van der Waals surface area contributed by atoms with Gasteiger partial charge in [0.1, 0.15) is 0 Å². The summed E-state index contributed by atoms with van der Waals surface area (Å²) in [5.41, 5.74) is 2.73. The summed E-state index contributed by atoms with van der Waals surface area (Å²) in [4.78, 5) is 26.3. The first-order valence-electron chi connectivity index (χ1n) is 8.30. The average Bonchev–Trinajstić information content (AvgIpc) is 2.66. The van der Waals surface area contributed by atoms with Gasteiger partial charge in [-0.25, -0.2) is 0 Å². The Morgan fingerprint density at radius 2 is 1.85 bits per heavy atom. The molecule has 0 spiro atoms. The van der Waals surface area contributed by atoms with E-state index in [1.165, 1.54) is 17.2 Å². The number of hydrogen-bond acceptors (Lipinski definition) is 2. The second-order valence-electron chi connectivity index (χ2n) is 5.99. The molecule has 1 aliphatic heterocycles. The van der Waals surface area contributed by atoms with Crippen LogP contribution in [-0.2, 0) is 4.79 Å². The Labute approximate surface area is 162 Å². The quantitative estimate of drug-likeness (QED) is 0.858. The van der Waals surface area contributed by atoms with Crippen LogP contribution in [0.5, 0.6) is 0 Å². The highest BCUT2D eigenvalue weighted by Crippen LogP contribution is 2.22. The molecule has 2 aromatic carbocycles. The molecule has 26 heavy (non-hydrogen) atoms. The highest BCUT2D eigenvalue weighted by Gasteiger charge is 2.19. The minimum Gasteiger partial charge on any atom is -0.343 e. The molecular formula is C20H18Cl2N2O2. The first-order valence-corrected chi connectivity index (χ1v) is 9.05. The summed E-state index contributed by atoms with van der Waals surface area (Å²) in [6.07, 6.45) is 2.86. The van der Waals surface area contributed by atoms with E-state index >= 15 is 0 Å². The third-order valence-corrected chi connectivity index (χ3v) is 4.83. The molecule has 2 amide bonds. The lowest BCUT2D eigenvalue weighted by Crippen LogP contribution is -2.42. The van der Waals surface area contributed by atoms with E-state index in [0.29, 0.717) is 23.7 Å². The summed E-state index contributed by atoms with van der Waals surface area (Å²) in [5.74, 6) is -0.510. The molecular weight excluding hydrogens is 371 g/mol. The van der Waals surface area contributed by atoms with Crippen molar-refractivity contribution in [1.82, 2.24) is 10.2 Å². The molecule has 2 aromatic rings. The summed E-state index contributed by atoms with van der Waals surface area (Å²) >= 11 is 11.8. The normalized spacial score (nSPS) is 13.9. The number of nitrogens with one attached hydrogen (secondary N) is 1. The van der Waals surface area contributed by atoms with E-state index in [2.05, 4.69) is 23.5 Å². The summed E-state index contributed by atoms with van der Waals surface area (Å²) in [5, 5.41) is 3.34. The predicted octanol–water partition coefficient (Wildman–Crippen LogP) is 4.04. The van der Waals surface area contributed by atoms with Crippen LogP contribution in [0, 0.1) is 0 Å². The number of carbonyl (C=O) groups is 2. The molecule has 134 valence electrons. The van der Waals surface area contributed by atoms with Crippen molar-refractivity contribution in [3.8, 4) is 0 Å². The predicted molar refractivity (Wildman–Crippen MR) is 104 cm³/mol. The highest BCUT2D eigenvalue weighted by molar-refractivity contribution is 6.36. The third-order valence-electron chi connectivity index (χ3n) is 4.28. The molecule has 0 atom stereocenters. The second-order valence-corrected chi connectivity index (χ2v) is 6.84. The lowest BCUT2D eigenvalue weighted by molar-refractivity contribution is -0.129. The van der Waals surface area contributed by atoms with Gasteiger partial charge < -0.3 is 10.2 Å². The number of carbonyl (C=O) groups excluding carboxylic acids is 2. The van der Waals surface area contributed by atoms with Gasteiger partial charge in [-0.1, -0.05) is 59.6 Å². The van der Waals surface area contributed by atoms with Gasteiger partial charge in [-0.2, -0.15) is 0 Å². The first-order chi connectivity index (χ1) is 12.5. The van der Waals surface area contributed by atoms with Gasteiger partial charge in [-0.3, -0.25) is 9.59 Å². The molecule has 0 aromatic heterocycles. The molecule has 1 aliphatic rings. The smallest absolute Gasteiger partial charge is 0.253 e. The minimum atomic E-state index is -0.391. The van der Waals surface area contributed by atoms with Gasteiger partial charge >= 0.3 is 0 Å². The zero-order valence-electron chi connectivity index (χ0n) is 14.0. The van der Waals surface area contributed by atoms with Crippen LogP contribution < -0.4 is 5.32 Å². The molecule has 1 heterocycles. The van der Waals surface area contributed by atoms with E-state index in [1.54, 1.807) is 17.0 Å². The highest BCUT2D eigenvalue weighted by atomic mass is 35.5. The van der Waals surface area contributed by atoms with E-state index in [-0.39, 0.29) is 17.5 Å². The molecule has 0 aliphatic carbocycles. The van der Waals surface area contributed by atoms with Crippen molar-refractivity contribution < 1.29 is 9.59 Å². The van der Waals surface area contributed by atoms with Crippen LogP contribution >= 0.6 is 23.2 Å². The van der Waals surface area contributed by atoms with Crippen LogP contribution in [0.2, 0.25) is 10.0 Å². The van der Waals surface area contributed by atoms with Gasteiger partial charge in [-0.15, -0.1) is 0 Å².